The molecular weight excluding hydrogens is 330 g/mol. The predicted octanol–water partition coefficient (Wildman–Crippen LogP) is 3.32. The molecule has 0 saturated carbocycles. The van der Waals surface area contributed by atoms with Crippen molar-refractivity contribution < 1.29 is 9.28 Å². The van der Waals surface area contributed by atoms with Crippen LogP contribution in [-0.4, -0.2) is 55.2 Å². The maximum Gasteiger partial charge on any atom is 0.322 e. The van der Waals surface area contributed by atoms with Gasteiger partial charge in [-0.25, -0.2) is 4.79 Å². The summed E-state index contributed by atoms with van der Waals surface area (Å²) in [7, 11) is 2.23. The van der Waals surface area contributed by atoms with E-state index in [2.05, 4.69) is 34.9 Å². The Balaban J connectivity index is 1.95. The SMILES string of the molecule is C=CC[N+]1(C)CCCN(C(=O)Nc2cccc(Br)c2)CC1. The van der Waals surface area contributed by atoms with Crippen LogP contribution in [-0.2, 0) is 0 Å². The number of halogens is 1. The largest absolute Gasteiger partial charge is 0.322 e. The van der Waals surface area contributed by atoms with E-state index in [1.165, 1.54) is 0 Å². The Morgan fingerprint density at radius 1 is 1.48 bits per heavy atom. The molecule has 5 heteroatoms. The number of carbonyl (C=O) groups excluding carboxylic acids is 1. The lowest BCUT2D eigenvalue weighted by Gasteiger charge is -2.32. The fraction of sp³-hybridized carbons (Fsp3) is 0.438. The molecule has 1 atom stereocenters. The van der Waals surface area contributed by atoms with E-state index in [0.29, 0.717) is 0 Å². The van der Waals surface area contributed by atoms with E-state index in [1.54, 1.807) is 0 Å². The summed E-state index contributed by atoms with van der Waals surface area (Å²) in [5, 5.41) is 2.97. The van der Waals surface area contributed by atoms with Gasteiger partial charge in [-0.05, 0) is 24.3 Å². The summed E-state index contributed by atoms with van der Waals surface area (Å²) in [5.74, 6) is 0. The maximum atomic E-state index is 12.4. The van der Waals surface area contributed by atoms with E-state index < -0.39 is 0 Å². The number of nitrogens with zero attached hydrogens (tertiary/aromatic N) is 2. The molecule has 4 nitrogen and oxygen atoms in total. The average molecular weight is 353 g/mol. The quantitative estimate of drug-likeness (QED) is 0.656. The molecule has 1 aliphatic heterocycles. The van der Waals surface area contributed by atoms with Crippen molar-refractivity contribution in [1.29, 1.82) is 0 Å². The molecule has 0 bridgehead atoms. The molecule has 1 fully saturated rings. The van der Waals surface area contributed by atoms with E-state index in [4.69, 9.17) is 0 Å². The van der Waals surface area contributed by atoms with Crippen molar-refractivity contribution in [3.05, 3.63) is 41.4 Å². The van der Waals surface area contributed by atoms with Crippen LogP contribution in [0.2, 0.25) is 0 Å². The van der Waals surface area contributed by atoms with Crippen molar-refractivity contribution in [3.63, 3.8) is 0 Å². The highest BCUT2D eigenvalue weighted by Crippen LogP contribution is 2.17. The smallest absolute Gasteiger partial charge is 0.321 e. The Labute approximate surface area is 135 Å². The fourth-order valence-corrected chi connectivity index (χ4v) is 3.09. The topological polar surface area (TPSA) is 32.3 Å². The number of benzene rings is 1. The molecular formula is C16H23BrN3O+. The molecule has 1 aliphatic rings. The van der Waals surface area contributed by atoms with E-state index in [-0.39, 0.29) is 6.03 Å². The first-order valence-corrected chi connectivity index (χ1v) is 8.08. The summed E-state index contributed by atoms with van der Waals surface area (Å²) >= 11 is 3.42. The number of carbonyl (C=O) groups is 1. The van der Waals surface area contributed by atoms with Crippen LogP contribution in [0.25, 0.3) is 0 Å². The van der Waals surface area contributed by atoms with Gasteiger partial charge in [0.05, 0.1) is 33.2 Å². The molecule has 0 aliphatic carbocycles. The lowest BCUT2D eigenvalue weighted by atomic mass is 10.3. The van der Waals surface area contributed by atoms with Gasteiger partial charge in [-0.2, -0.15) is 0 Å². The first kappa shape index (κ1) is 16.0. The number of hydrogen-bond donors (Lipinski definition) is 1. The minimum Gasteiger partial charge on any atom is -0.321 e. The summed E-state index contributed by atoms with van der Waals surface area (Å²) in [6.45, 7) is 8.45. The molecule has 1 unspecified atom stereocenters. The van der Waals surface area contributed by atoms with Crippen LogP contribution in [0.4, 0.5) is 10.5 Å². The minimum absolute atomic E-state index is 0.0137. The lowest BCUT2D eigenvalue weighted by Crippen LogP contribution is -2.47. The van der Waals surface area contributed by atoms with Gasteiger partial charge in [0.15, 0.2) is 0 Å². The van der Waals surface area contributed by atoms with Crippen molar-refractivity contribution in [2.24, 2.45) is 0 Å². The van der Waals surface area contributed by atoms with Crippen LogP contribution in [0.1, 0.15) is 6.42 Å². The zero-order chi connectivity index (χ0) is 15.3. The number of amides is 2. The highest BCUT2D eigenvalue weighted by Gasteiger charge is 2.27. The van der Waals surface area contributed by atoms with Crippen LogP contribution >= 0.6 is 15.9 Å². The van der Waals surface area contributed by atoms with Crippen molar-refractivity contribution in [2.75, 3.05) is 45.1 Å². The predicted molar refractivity (Wildman–Crippen MR) is 90.3 cm³/mol. The van der Waals surface area contributed by atoms with Gasteiger partial charge in [-0.15, -0.1) is 0 Å². The van der Waals surface area contributed by atoms with Gasteiger partial charge in [-0.1, -0.05) is 28.6 Å². The van der Waals surface area contributed by atoms with Crippen molar-refractivity contribution in [1.82, 2.24) is 4.90 Å². The van der Waals surface area contributed by atoms with E-state index in [9.17, 15) is 4.79 Å². The summed E-state index contributed by atoms with van der Waals surface area (Å²) in [6, 6.07) is 7.66. The third kappa shape index (κ3) is 4.58. The second-order valence-corrected chi connectivity index (χ2v) is 6.73. The van der Waals surface area contributed by atoms with Gasteiger partial charge in [0, 0.05) is 23.1 Å². The van der Waals surface area contributed by atoms with Gasteiger partial charge in [0.25, 0.3) is 0 Å². The Bertz CT molecular complexity index is 520. The molecule has 1 aromatic rings. The molecule has 1 N–H and O–H groups in total. The van der Waals surface area contributed by atoms with Gasteiger partial charge in [0.1, 0.15) is 0 Å². The molecule has 2 rings (SSSR count). The number of nitrogens with one attached hydrogen (secondary N) is 1. The summed E-state index contributed by atoms with van der Waals surface area (Å²) in [4.78, 5) is 14.3. The zero-order valence-corrected chi connectivity index (χ0v) is 14.1. The third-order valence-electron chi connectivity index (χ3n) is 3.97. The zero-order valence-electron chi connectivity index (χ0n) is 12.5. The molecule has 1 saturated heterocycles. The molecule has 114 valence electrons. The number of rotatable bonds is 3. The van der Waals surface area contributed by atoms with Crippen molar-refractivity contribution in [3.8, 4) is 0 Å². The average Bonchev–Trinajstić information content (AvgIpc) is 2.61. The van der Waals surface area contributed by atoms with Crippen LogP contribution in [0.15, 0.2) is 41.4 Å². The molecule has 0 radical (unpaired) electrons. The van der Waals surface area contributed by atoms with Gasteiger partial charge >= 0.3 is 6.03 Å². The van der Waals surface area contributed by atoms with Gasteiger partial charge in [0.2, 0.25) is 0 Å². The Hall–Kier alpha value is -1.33. The second kappa shape index (κ2) is 7.09. The number of quaternary nitrogens is 1. The monoisotopic (exact) mass is 352 g/mol. The summed E-state index contributed by atoms with van der Waals surface area (Å²) < 4.78 is 1.93. The van der Waals surface area contributed by atoms with Gasteiger partial charge < -0.3 is 14.7 Å². The van der Waals surface area contributed by atoms with E-state index in [1.807, 2.05) is 35.2 Å². The van der Waals surface area contributed by atoms with Crippen LogP contribution < -0.4 is 5.32 Å². The Morgan fingerprint density at radius 3 is 3.00 bits per heavy atom. The molecule has 2 amide bonds. The van der Waals surface area contributed by atoms with Crippen molar-refractivity contribution in [2.45, 2.75) is 6.42 Å². The number of likely N-dealkylation sites (N-methyl/N-ethyl adjacent to an activating group) is 1. The molecule has 1 heterocycles. The minimum atomic E-state index is -0.0137. The molecule has 21 heavy (non-hydrogen) atoms. The standard InChI is InChI=1S/C16H22BrN3O/c1-3-10-20(2)11-5-8-19(9-12-20)16(21)18-15-7-4-6-14(17)13-15/h3-4,6-7,13H,1,5,8-12H2,2H3/p+1. The lowest BCUT2D eigenvalue weighted by molar-refractivity contribution is -0.901. The first-order chi connectivity index (χ1) is 10.0. The van der Waals surface area contributed by atoms with Gasteiger partial charge in [-0.3, -0.25) is 0 Å². The van der Waals surface area contributed by atoms with Crippen LogP contribution in [0.3, 0.4) is 0 Å². The number of urea groups is 1. The van der Waals surface area contributed by atoms with Crippen LogP contribution in [0.5, 0.6) is 0 Å². The highest BCUT2D eigenvalue weighted by atomic mass is 79.9. The van der Waals surface area contributed by atoms with Crippen molar-refractivity contribution >= 4 is 27.6 Å². The second-order valence-electron chi connectivity index (χ2n) is 5.82. The van der Waals surface area contributed by atoms with Crippen LogP contribution in [0, 0.1) is 0 Å². The molecule has 1 aromatic carbocycles. The Kier molecular flexibility index (Phi) is 5.42. The molecule has 0 spiro atoms. The van der Waals surface area contributed by atoms with E-state index >= 15 is 0 Å². The number of anilines is 1. The third-order valence-corrected chi connectivity index (χ3v) is 4.46. The summed E-state index contributed by atoms with van der Waals surface area (Å²) in [6.07, 6.45) is 2.99. The maximum absolute atomic E-state index is 12.4. The van der Waals surface area contributed by atoms with E-state index in [0.717, 1.165) is 53.8 Å². The molecule has 0 aromatic heterocycles. The first-order valence-electron chi connectivity index (χ1n) is 7.28. The highest BCUT2D eigenvalue weighted by molar-refractivity contribution is 9.10. The number of hydrogen-bond acceptors (Lipinski definition) is 1. The fourth-order valence-electron chi connectivity index (χ4n) is 2.70. The Morgan fingerprint density at radius 2 is 2.29 bits per heavy atom. The normalized spacial score (nSPS) is 22.5. The summed E-state index contributed by atoms with van der Waals surface area (Å²) in [5.41, 5.74) is 0.821.